The van der Waals surface area contributed by atoms with Gasteiger partial charge in [-0.15, -0.1) is 0 Å². The fourth-order valence-corrected chi connectivity index (χ4v) is 3.23. The monoisotopic (exact) mass is 274 g/mol. The summed E-state index contributed by atoms with van der Waals surface area (Å²) in [7, 11) is 0. The van der Waals surface area contributed by atoms with E-state index in [0.29, 0.717) is 12.1 Å². The van der Waals surface area contributed by atoms with Gasteiger partial charge in [-0.05, 0) is 31.2 Å². The molecule has 1 aromatic carbocycles. The first-order chi connectivity index (χ1) is 9.60. The Morgan fingerprint density at radius 1 is 1.35 bits per heavy atom. The highest BCUT2D eigenvalue weighted by atomic mass is 15.2. The number of piperazine rings is 1. The van der Waals surface area contributed by atoms with Crippen LogP contribution in [0.25, 0.3) is 0 Å². The molecule has 1 N–H and O–H groups in total. The number of nitrogens with one attached hydrogen (secondary N) is 1. The molecule has 0 radical (unpaired) electrons. The van der Waals surface area contributed by atoms with Gasteiger partial charge in [0, 0.05) is 31.7 Å². The van der Waals surface area contributed by atoms with Crippen LogP contribution >= 0.6 is 0 Å². The maximum atomic E-state index is 3.70. The first-order valence-electron chi connectivity index (χ1n) is 8.13. The van der Waals surface area contributed by atoms with E-state index in [1.807, 2.05) is 0 Å². The summed E-state index contributed by atoms with van der Waals surface area (Å²) in [6.45, 7) is 12.7. The van der Waals surface area contributed by atoms with Gasteiger partial charge in [0.05, 0.1) is 0 Å². The average molecular weight is 274 g/mol. The molecular formula is C18H30N2. The number of hydrogen-bond donors (Lipinski definition) is 1. The summed E-state index contributed by atoms with van der Waals surface area (Å²) in [5.74, 6) is 0.720. The summed E-state index contributed by atoms with van der Waals surface area (Å²) < 4.78 is 0. The standard InChI is InChI=1S/C18H30N2/c1-5-17-13-20(18(12-19-17)14(2)3)10-9-16-8-6-7-15(4)11-16/h6-8,11,14,17-19H,5,9-10,12-13H2,1-4H3. The maximum absolute atomic E-state index is 3.70. The lowest BCUT2D eigenvalue weighted by molar-refractivity contribution is 0.0985. The third kappa shape index (κ3) is 4.07. The highest BCUT2D eigenvalue weighted by Crippen LogP contribution is 2.17. The predicted molar refractivity (Wildman–Crippen MR) is 87.2 cm³/mol. The zero-order valence-corrected chi connectivity index (χ0v) is 13.5. The van der Waals surface area contributed by atoms with Gasteiger partial charge in [0.15, 0.2) is 0 Å². The van der Waals surface area contributed by atoms with Gasteiger partial charge in [0.2, 0.25) is 0 Å². The molecule has 0 aromatic heterocycles. The van der Waals surface area contributed by atoms with E-state index < -0.39 is 0 Å². The molecule has 1 aliphatic heterocycles. The largest absolute Gasteiger partial charge is 0.311 e. The molecule has 112 valence electrons. The molecule has 0 aliphatic carbocycles. The fraction of sp³-hybridized carbons (Fsp3) is 0.667. The van der Waals surface area contributed by atoms with Crippen LogP contribution in [0.1, 0.15) is 38.3 Å². The first-order valence-corrected chi connectivity index (χ1v) is 8.13. The minimum absolute atomic E-state index is 0.669. The van der Waals surface area contributed by atoms with Crippen molar-refractivity contribution in [1.29, 1.82) is 0 Å². The van der Waals surface area contributed by atoms with Crippen molar-refractivity contribution in [2.45, 2.75) is 52.6 Å². The van der Waals surface area contributed by atoms with Crippen LogP contribution in [0.5, 0.6) is 0 Å². The molecule has 0 saturated carbocycles. The van der Waals surface area contributed by atoms with E-state index >= 15 is 0 Å². The van der Waals surface area contributed by atoms with Crippen molar-refractivity contribution in [3.8, 4) is 0 Å². The number of nitrogens with zero attached hydrogens (tertiary/aromatic N) is 1. The Labute approximate surface area is 124 Å². The van der Waals surface area contributed by atoms with Gasteiger partial charge in [0.25, 0.3) is 0 Å². The van der Waals surface area contributed by atoms with E-state index in [1.54, 1.807) is 0 Å². The highest BCUT2D eigenvalue weighted by Gasteiger charge is 2.28. The lowest BCUT2D eigenvalue weighted by atomic mass is 9.97. The fourth-order valence-electron chi connectivity index (χ4n) is 3.23. The van der Waals surface area contributed by atoms with Crippen molar-refractivity contribution in [2.75, 3.05) is 19.6 Å². The van der Waals surface area contributed by atoms with Gasteiger partial charge in [-0.1, -0.05) is 50.6 Å². The zero-order valence-electron chi connectivity index (χ0n) is 13.5. The van der Waals surface area contributed by atoms with Crippen LogP contribution in [-0.2, 0) is 6.42 Å². The van der Waals surface area contributed by atoms with Crippen molar-refractivity contribution >= 4 is 0 Å². The number of hydrogen-bond acceptors (Lipinski definition) is 2. The van der Waals surface area contributed by atoms with E-state index in [0.717, 1.165) is 12.5 Å². The number of aryl methyl sites for hydroxylation is 1. The topological polar surface area (TPSA) is 15.3 Å². The molecule has 2 nitrogen and oxygen atoms in total. The quantitative estimate of drug-likeness (QED) is 0.886. The average Bonchev–Trinajstić information content (AvgIpc) is 2.44. The van der Waals surface area contributed by atoms with Crippen molar-refractivity contribution in [3.05, 3.63) is 35.4 Å². The third-order valence-corrected chi connectivity index (χ3v) is 4.57. The van der Waals surface area contributed by atoms with Gasteiger partial charge in [0.1, 0.15) is 0 Å². The molecule has 2 heteroatoms. The SMILES string of the molecule is CCC1CN(CCc2cccc(C)c2)C(C(C)C)CN1. The van der Waals surface area contributed by atoms with E-state index in [-0.39, 0.29) is 0 Å². The van der Waals surface area contributed by atoms with Gasteiger partial charge < -0.3 is 5.32 Å². The Morgan fingerprint density at radius 3 is 2.80 bits per heavy atom. The van der Waals surface area contributed by atoms with Crippen molar-refractivity contribution in [1.82, 2.24) is 10.2 Å². The van der Waals surface area contributed by atoms with Gasteiger partial charge in [-0.25, -0.2) is 0 Å². The Morgan fingerprint density at radius 2 is 2.15 bits per heavy atom. The van der Waals surface area contributed by atoms with E-state index in [9.17, 15) is 0 Å². The lowest BCUT2D eigenvalue weighted by Gasteiger charge is -2.42. The predicted octanol–water partition coefficient (Wildman–Crippen LogP) is 3.25. The van der Waals surface area contributed by atoms with E-state index in [2.05, 4.69) is 62.2 Å². The van der Waals surface area contributed by atoms with Crippen LogP contribution in [0.4, 0.5) is 0 Å². The molecule has 1 saturated heterocycles. The molecule has 0 spiro atoms. The Hall–Kier alpha value is -0.860. The molecule has 1 fully saturated rings. The minimum atomic E-state index is 0.669. The Bertz CT molecular complexity index is 414. The zero-order chi connectivity index (χ0) is 14.5. The maximum Gasteiger partial charge on any atom is 0.0244 e. The number of rotatable bonds is 5. The van der Waals surface area contributed by atoms with Crippen LogP contribution in [-0.4, -0.2) is 36.6 Å². The molecular weight excluding hydrogens is 244 g/mol. The van der Waals surface area contributed by atoms with Crippen LogP contribution in [0.3, 0.4) is 0 Å². The van der Waals surface area contributed by atoms with Crippen molar-refractivity contribution in [3.63, 3.8) is 0 Å². The molecule has 1 aliphatic rings. The summed E-state index contributed by atoms with van der Waals surface area (Å²) in [6.07, 6.45) is 2.40. The minimum Gasteiger partial charge on any atom is -0.311 e. The van der Waals surface area contributed by atoms with Crippen molar-refractivity contribution in [2.24, 2.45) is 5.92 Å². The smallest absolute Gasteiger partial charge is 0.0244 e. The summed E-state index contributed by atoms with van der Waals surface area (Å²) in [4.78, 5) is 2.71. The Balaban J connectivity index is 1.96. The van der Waals surface area contributed by atoms with Crippen LogP contribution in [0, 0.1) is 12.8 Å². The van der Waals surface area contributed by atoms with Crippen LogP contribution in [0.2, 0.25) is 0 Å². The van der Waals surface area contributed by atoms with Gasteiger partial charge in [-0.2, -0.15) is 0 Å². The molecule has 20 heavy (non-hydrogen) atoms. The van der Waals surface area contributed by atoms with Gasteiger partial charge in [-0.3, -0.25) is 4.90 Å². The van der Waals surface area contributed by atoms with E-state index in [1.165, 1.54) is 37.1 Å². The highest BCUT2D eigenvalue weighted by molar-refractivity contribution is 5.22. The summed E-state index contributed by atoms with van der Waals surface area (Å²) >= 11 is 0. The second-order valence-electron chi connectivity index (χ2n) is 6.56. The molecule has 2 unspecified atom stereocenters. The molecule has 1 aromatic rings. The molecule has 2 rings (SSSR count). The summed E-state index contributed by atoms with van der Waals surface area (Å²) in [5, 5.41) is 3.70. The molecule has 1 heterocycles. The third-order valence-electron chi connectivity index (χ3n) is 4.57. The second kappa shape index (κ2) is 7.24. The van der Waals surface area contributed by atoms with Crippen molar-refractivity contribution < 1.29 is 0 Å². The second-order valence-corrected chi connectivity index (χ2v) is 6.56. The lowest BCUT2D eigenvalue weighted by Crippen LogP contribution is -2.58. The normalized spacial score (nSPS) is 24.2. The Kier molecular flexibility index (Phi) is 5.62. The molecule has 0 amide bonds. The summed E-state index contributed by atoms with van der Waals surface area (Å²) in [5.41, 5.74) is 2.84. The number of benzene rings is 1. The van der Waals surface area contributed by atoms with Crippen LogP contribution < -0.4 is 5.32 Å². The van der Waals surface area contributed by atoms with E-state index in [4.69, 9.17) is 0 Å². The summed E-state index contributed by atoms with van der Waals surface area (Å²) in [6, 6.07) is 10.3. The van der Waals surface area contributed by atoms with Crippen LogP contribution in [0.15, 0.2) is 24.3 Å². The molecule has 2 atom stereocenters. The molecule has 0 bridgehead atoms. The first kappa shape index (κ1) is 15.5. The van der Waals surface area contributed by atoms with Gasteiger partial charge >= 0.3 is 0 Å².